The highest BCUT2D eigenvalue weighted by Crippen LogP contribution is 2.30. The smallest absolute Gasteiger partial charge is 0.162 e. The minimum Gasteiger partial charge on any atom is -0.457 e. The molecule has 36 heavy (non-hydrogen) atoms. The van der Waals surface area contributed by atoms with Crippen molar-refractivity contribution in [3.63, 3.8) is 0 Å². The van der Waals surface area contributed by atoms with Gasteiger partial charge in [0.2, 0.25) is 0 Å². The Labute approximate surface area is 211 Å². The molecule has 6 rings (SSSR count). The number of anilines is 1. The van der Waals surface area contributed by atoms with Crippen LogP contribution in [0, 0.1) is 0 Å². The van der Waals surface area contributed by atoms with Crippen molar-refractivity contribution in [2.75, 3.05) is 31.1 Å². The molecule has 0 N–H and O–H groups in total. The summed E-state index contributed by atoms with van der Waals surface area (Å²) in [5.74, 6) is 3.36. The summed E-state index contributed by atoms with van der Waals surface area (Å²) in [7, 11) is 0. The lowest BCUT2D eigenvalue weighted by Crippen LogP contribution is -2.46. The molecule has 1 aromatic heterocycles. The van der Waals surface area contributed by atoms with E-state index in [0.717, 1.165) is 72.3 Å². The molecule has 0 spiro atoms. The fourth-order valence-corrected chi connectivity index (χ4v) is 4.69. The fourth-order valence-electron chi connectivity index (χ4n) is 4.69. The van der Waals surface area contributed by atoms with Gasteiger partial charge in [0.1, 0.15) is 17.3 Å². The van der Waals surface area contributed by atoms with Gasteiger partial charge in [-0.15, -0.1) is 0 Å². The number of ether oxygens (including phenoxy) is 1. The lowest BCUT2D eigenvalue weighted by molar-refractivity contribution is 0.249. The monoisotopic (exact) mass is 472 g/mol. The second-order valence-corrected chi connectivity index (χ2v) is 9.08. The highest BCUT2D eigenvalue weighted by atomic mass is 16.5. The van der Waals surface area contributed by atoms with E-state index in [1.54, 1.807) is 0 Å². The molecule has 2 heterocycles. The van der Waals surface area contributed by atoms with Gasteiger partial charge in [-0.3, -0.25) is 4.90 Å². The van der Waals surface area contributed by atoms with Gasteiger partial charge < -0.3 is 9.64 Å². The largest absolute Gasteiger partial charge is 0.457 e. The van der Waals surface area contributed by atoms with E-state index in [0.29, 0.717) is 0 Å². The molecule has 0 saturated carbocycles. The Balaban J connectivity index is 1.23. The number of piperazine rings is 1. The van der Waals surface area contributed by atoms with Gasteiger partial charge in [-0.25, -0.2) is 9.97 Å². The molecule has 1 saturated heterocycles. The van der Waals surface area contributed by atoms with Crippen molar-refractivity contribution in [2.24, 2.45) is 0 Å². The van der Waals surface area contributed by atoms with Gasteiger partial charge in [0.15, 0.2) is 5.82 Å². The van der Waals surface area contributed by atoms with Gasteiger partial charge in [0.25, 0.3) is 0 Å². The molecule has 0 atom stereocenters. The molecular weight excluding hydrogens is 444 g/mol. The Bertz CT molecular complexity index is 1430. The topological polar surface area (TPSA) is 41.5 Å². The van der Waals surface area contributed by atoms with Crippen molar-refractivity contribution < 1.29 is 4.74 Å². The maximum absolute atomic E-state index is 5.96. The van der Waals surface area contributed by atoms with Crippen molar-refractivity contribution in [1.29, 1.82) is 0 Å². The second-order valence-electron chi connectivity index (χ2n) is 9.08. The van der Waals surface area contributed by atoms with Gasteiger partial charge in [0, 0.05) is 43.7 Å². The second kappa shape index (κ2) is 10.2. The quantitative estimate of drug-likeness (QED) is 0.286. The van der Waals surface area contributed by atoms with Crippen LogP contribution in [0.2, 0.25) is 0 Å². The molecule has 4 aromatic carbocycles. The van der Waals surface area contributed by atoms with Crippen molar-refractivity contribution in [2.45, 2.75) is 6.54 Å². The van der Waals surface area contributed by atoms with E-state index in [4.69, 9.17) is 14.7 Å². The summed E-state index contributed by atoms with van der Waals surface area (Å²) >= 11 is 0. The first-order chi connectivity index (χ1) is 17.8. The van der Waals surface area contributed by atoms with E-state index in [1.165, 1.54) is 5.56 Å². The Morgan fingerprint density at radius 3 is 2.00 bits per heavy atom. The van der Waals surface area contributed by atoms with Crippen LogP contribution in [0.4, 0.5) is 5.82 Å². The molecule has 0 radical (unpaired) electrons. The molecular formula is C31H28N4O. The zero-order chi connectivity index (χ0) is 24.2. The summed E-state index contributed by atoms with van der Waals surface area (Å²) in [6.07, 6.45) is 0. The predicted octanol–water partition coefficient (Wildman–Crippen LogP) is 6.41. The van der Waals surface area contributed by atoms with Gasteiger partial charge in [-0.1, -0.05) is 60.7 Å². The molecule has 178 valence electrons. The normalized spacial score (nSPS) is 14.2. The summed E-state index contributed by atoms with van der Waals surface area (Å²) in [4.78, 5) is 14.9. The van der Waals surface area contributed by atoms with E-state index < -0.39 is 0 Å². The zero-order valence-corrected chi connectivity index (χ0v) is 20.1. The van der Waals surface area contributed by atoms with Crippen LogP contribution in [-0.4, -0.2) is 41.0 Å². The molecule has 5 aromatic rings. The number of aromatic nitrogens is 2. The number of para-hydroxylation sites is 2. The van der Waals surface area contributed by atoms with Crippen molar-refractivity contribution >= 4 is 16.7 Å². The Morgan fingerprint density at radius 2 is 1.25 bits per heavy atom. The lowest BCUT2D eigenvalue weighted by Gasteiger charge is -2.36. The average Bonchev–Trinajstić information content (AvgIpc) is 2.94. The molecule has 0 amide bonds. The van der Waals surface area contributed by atoms with Crippen LogP contribution >= 0.6 is 0 Å². The summed E-state index contributed by atoms with van der Waals surface area (Å²) in [5, 5.41) is 1.10. The Hall–Kier alpha value is -4.22. The number of hydrogen-bond donors (Lipinski definition) is 0. The molecule has 5 nitrogen and oxygen atoms in total. The minimum atomic E-state index is 0.738. The van der Waals surface area contributed by atoms with Crippen molar-refractivity contribution in [3.05, 3.63) is 115 Å². The van der Waals surface area contributed by atoms with E-state index in [-0.39, 0.29) is 0 Å². The third kappa shape index (κ3) is 4.92. The van der Waals surface area contributed by atoms with Crippen LogP contribution in [0.15, 0.2) is 109 Å². The number of benzene rings is 4. The van der Waals surface area contributed by atoms with Crippen LogP contribution < -0.4 is 9.64 Å². The highest BCUT2D eigenvalue weighted by Gasteiger charge is 2.21. The van der Waals surface area contributed by atoms with E-state index in [1.807, 2.05) is 60.7 Å². The molecule has 1 aliphatic rings. The van der Waals surface area contributed by atoms with Crippen LogP contribution in [0.3, 0.4) is 0 Å². The maximum Gasteiger partial charge on any atom is 0.162 e. The van der Waals surface area contributed by atoms with Gasteiger partial charge in [0.05, 0.1) is 5.52 Å². The van der Waals surface area contributed by atoms with Gasteiger partial charge in [-0.05, 0) is 54.1 Å². The number of fused-ring (bicyclic) bond motifs is 1. The molecule has 1 aliphatic heterocycles. The first-order valence-electron chi connectivity index (χ1n) is 12.4. The summed E-state index contributed by atoms with van der Waals surface area (Å²) in [5.41, 5.74) is 3.30. The number of nitrogens with zero attached hydrogens (tertiary/aromatic N) is 4. The third-order valence-corrected chi connectivity index (χ3v) is 6.60. The van der Waals surface area contributed by atoms with E-state index in [2.05, 4.69) is 58.3 Å². The standard InChI is InChI=1S/C31H28N4O/c1-3-9-24(10-4-1)23-34-19-21-35(22-20-34)31-28-13-7-8-14-29(28)32-30(33-31)25-15-17-27(18-16-25)36-26-11-5-2-6-12-26/h1-18H,19-23H2. The summed E-state index contributed by atoms with van der Waals surface area (Å²) < 4.78 is 5.96. The summed E-state index contributed by atoms with van der Waals surface area (Å²) in [6, 6.07) is 36.8. The van der Waals surface area contributed by atoms with Crippen molar-refractivity contribution in [1.82, 2.24) is 14.9 Å². The SMILES string of the molecule is c1ccc(CN2CCN(c3nc(-c4ccc(Oc5ccccc5)cc4)nc4ccccc34)CC2)cc1. The molecule has 0 unspecified atom stereocenters. The molecule has 0 bridgehead atoms. The van der Waals surface area contributed by atoms with Crippen LogP contribution in [0.1, 0.15) is 5.56 Å². The minimum absolute atomic E-state index is 0.738. The first kappa shape index (κ1) is 22.3. The third-order valence-electron chi connectivity index (χ3n) is 6.60. The number of rotatable bonds is 6. The average molecular weight is 473 g/mol. The number of hydrogen-bond acceptors (Lipinski definition) is 5. The van der Waals surface area contributed by atoms with E-state index >= 15 is 0 Å². The Kier molecular flexibility index (Phi) is 6.29. The molecule has 0 aliphatic carbocycles. The van der Waals surface area contributed by atoms with Crippen LogP contribution in [-0.2, 0) is 6.54 Å². The highest BCUT2D eigenvalue weighted by molar-refractivity contribution is 5.91. The van der Waals surface area contributed by atoms with Crippen LogP contribution in [0.5, 0.6) is 11.5 Å². The zero-order valence-electron chi connectivity index (χ0n) is 20.1. The van der Waals surface area contributed by atoms with E-state index in [9.17, 15) is 0 Å². The maximum atomic E-state index is 5.96. The molecule has 1 fully saturated rings. The molecule has 5 heteroatoms. The first-order valence-corrected chi connectivity index (χ1v) is 12.4. The van der Waals surface area contributed by atoms with Crippen molar-refractivity contribution in [3.8, 4) is 22.9 Å². The predicted molar refractivity (Wildman–Crippen MR) is 145 cm³/mol. The lowest BCUT2D eigenvalue weighted by atomic mass is 10.1. The fraction of sp³-hybridized carbons (Fsp3) is 0.161. The van der Waals surface area contributed by atoms with Crippen LogP contribution in [0.25, 0.3) is 22.3 Å². The van der Waals surface area contributed by atoms with Gasteiger partial charge >= 0.3 is 0 Å². The van der Waals surface area contributed by atoms with Gasteiger partial charge in [-0.2, -0.15) is 0 Å². The summed E-state index contributed by atoms with van der Waals surface area (Å²) in [6.45, 7) is 4.89. The Morgan fingerprint density at radius 1 is 0.611 bits per heavy atom.